The van der Waals surface area contributed by atoms with Crippen LogP contribution in [0, 0.1) is 0 Å². The van der Waals surface area contributed by atoms with E-state index in [9.17, 15) is 32.7 Å². The third kappa shape index (κ3) is 5.89. The second-order valence-corrected chi connectivity index (χ2v) is 6.11. The van der Waals surface area contributed by atoms with Crippen LogP contribution in [0.1, 0.15) is 18.2 Å². The van der Waals surface area contributed by atoms with Gasteiger partial charge in [0.2, 0.25) is 0 Å². The molecular formula is C17H20F3N3O6. The van der Waals surface area contributed by atoms with Gasteiger partial charge in [-0.15, -0.1) is 6.58 Å². The van der Waals surface area contributed by atoms with Crippen molar-refractivity contribution in [3.63, 3.8) is 0 Å². The number of nitrogens with one attached hydrogen (secondary N) is 2. The fourth-order valence-electron chi connectivity index (χ4n) is 2.69. The van der Waals surface area contributed by atoms with E-state index < -0.39 is 41.8 Å². The molecular weight excluding hydrogens is 399 g/mol. The van der Waals surface area contributed by atoms with Gasteiger partial charge in [0.15, 0.2) is 0 Å². The van der Waals surface area contributed by atoms with Gasteiger partial charge in [0.05, 0.1) is 19.3 Å². The van der Waals surface area contributed by atoms with Crippen LogP contribution in [0.4, 0.5) is 13.2 Å². The van der Waals surface area contributed by atoms with E-state index in [1.165, 1.54) is 17.6 Å². The number of amides is 1. The maximum Gasteiger partial charge on any atom is 0.471 e. The van der Waals surface area contributed by atoms with Crippen molar-refractivity contribution in [2.45, 2.75) is 37.5 Å². The predicted octanol–water partition coefficient (Wildman–Crippen LogP) is 0.122. The van der Waals surface area contributed by atoms with Crippen LogP contribution in [0.2, 0.25) is 0 Å². The molecule has 1 saturated heterocycles. The molecule has 0 saturated carbocycles. The summed E-state index contributed by atoms with van der Waals surface area (Å²) in [6.45, 7) is 3.40. The summed E-state index contributed by atoms with van der Waals surface area (Å²) in [4.78, 5) is 36.9. The summed E-state index contributed by atoms with van der Waals surface area (Å²) < 4.78 is 48.6. The first-order valence-electron chi connectivity index (χ1n) is 8.53. The van der Waals surface area contributed by atoms with Gasteiger partial charge in [-0.2, -0.15) is 13.2 Å². The number of hydrogen-bond acceptors (Lipinski definition) is 6. The number of aliphatic hydroxyl groups is 1. The van der Waals surface area contributed by atoms with E-state index in [4.69, 9.17) is 9.47 Å². The lowest BCUT2D eigenvalue weighted by atomic mass is 10.2. The van der Waals surface area contributed by atoms with Gasteiger partial charge in [-0.25, -0.2) is 4.79 Å². The Bertz CT molecular complexity index is 876. The highest BCUT2D eigenvalue weighted by molar-refractivity contribution is 5.82. The highest BCUT2D eigenvalue weighted by atomic mass is 19.4. The lowest BCUT2D eigenvalue weighted by Gasteiger charge is -2.15. The van der Waals surface area contributed by atoms with Gasteiger partial charge < -0.3 is 19.9 Å². The monoisotopic (exact) mass is 419 g/mol. The van der Waals surface area contributed by atoms with E-state index in [1.807, 2.05) is 0 Å². The van der Waals surface area contributed by atoms with Crippen molar-refractivity contribution in [1.29, 1.82) is 0 Å². The first-order chi connectivity index (χ1) is 13.7. The Hall–Kier alpha value is -2.70. The normalized spacial score (nSPS) is 22.1. The third-order valence-corrected chi connectivity index (χ3v) is 4.07. The molecule has 0 spiro atoms. The quantitative estimate of drug-likeness (QED) is 0.515. The first-order valence-corrected chi connectivity index (χ1v) is 8.53. The number of ether oxygens (including phenoxy) is 2. The number of alkyl halides is 3. The number of aromatic nitrogens is 2. The molecule has 12 heteroatoms. The van der Waals surface area contributed by atoms with Crippen LogP contribution in [0.15, 0.2) is 40.7 Å². The van der Waals surface area contributed by atoms with Crippen LogP contribution in [0.3, 0.4) is 0 Å². The number of aliphatic hydroxyl groups excluding tert-OH is 1. The van der Waals surface area contributed by atoms with Gasteiger partial charge in [0, 0.05) is 24.4 Å². The van der Waals surface area contributed by atoms with Gasteiger partial charge in [0.25, 0.3) is 5.56 Å². The molecule has 29 heavy (non-hydrogen) atoms. The third-order valence-electron chi connectivity index (χ3n) is 4.07. The molecule has 160 valence electrons. The van der Waals surface area contributed by atoms with E-state index in [2.05, 4.69) is 11.6 Å². The maximum absolute atomic E-state index is 12.1. The Kier molecular flexibility index (Phi) is 7.53. The van der Waals surface area contributed by atoms with Crippen molar-refractivity contribution in [2.24, 2.45) is 0 Å². The number of aromatic amines is 1. The van der Waals surface area contributed by atoms with Crippen molar-refractivity contribution in [2.75, 3.05) is 13.2 Å². The number of H-pyrrole nitrogens is 1. The average Bonchev–Trinajstić information content (AvgIpc) is 3.06. The second-order valence-electron chi connectivity index (χ2n) is 6.11. The van der Waals surface area contributed by atoms with Crippen molar-refractivity contribution in [3.05, 3.63) is 57.5 Å². The number of carbonyl (C=O) groups is 1. The van der Waals surface area contributed by atoms with Crippen LogP contribution in [0.5, 0.6) is 0 Å². The van der Waals surface area contributed by atoms with E-state index in [0.717, 1.165) is 16.8 Å². The van der Waals surface area contributed by atoms with Gasteiger partial charge in [-0.3, -0.25) is 19.1 Å². The number of carbonyl (C=O) groups excluding carboxylic acids is 1. The fraction of sp³-hybridized carbons (Fsp3) is 0.471. The largest absolute Gasteiger partial charge is 0.471 e. The molecule has 1 amide bonds. The zero-order chi connectivity index (χ0) is 21.6. The SMILES string of the molecule is C=CCO[C@H]1C[C@H](n2cc(CC=CNC(=O)C(F)(F)F)c(=O)[nH]c2=O)O[C@@H]1CO. The van der Waals surface area contributed by atoms with Crippen molar-refractivity contribution in [1.82, 2.24) is 14.9 Å². The Morgan fingerprint density at radius 3 is 2.83 bits per heavy atom. The average molecular weight is 419 g/mol. The van der Waals surface area contributed by atoms with Crippen molar-refractivity contribution in [3.8, 4) is 0 Å². The molecule has 2 heterocycles. The molecule has 9 nitrogen and oxygen atoms in total. The van der Waals surface area contributed by atoms with Crippen molar-refractivity contribution >= 4 is 5.91 Å². The number of allylic oxidation sites excluding steroid dienone is 1. The fourth-order valence-corrected chi connectivity index (χ4v) is 2.69. The molecule has 1 aromatic heterocycles. The highest BCUT2D eigenvalue weighted by Gasteiger charge is 2.38. The van der Waals surface area contributed by atoms with E-state index in [-0.39, 0.29) is 31.6 Å². The Balaban J connectivity index is 2.13. The smallest absolute Gasteiger partial charge is 0.394 e. The topological polar surface area (TPSA) is 123 Å². The molecule has 2 rings (SSSR count). The Labute approximate surface area is 162 Å². The maximum atomic E-state index is 12.1. The molecule has 1 aliphatic heterocycles. The van der Waals surface area contributed by atoms with Crippen LogP contribution in [-0.4, -0.2) is 52.2 Å². The lowest BCUT2D eigenvalue weighted by molar-refractivity contribution is -0.172. The summed E-state index contributed by atoms with van der Waals surface area (Å²) in [5.74, 6) is -2.15. The standard InChI is InChI=1S/C17H20F3N3O6/c1-2-6-28-11-7-13(29-12(11)9-24)23-8-10(14(25)22-16(23)27)4-3-5-21-15(26)17(18,19)20/h2-3,5,8,11-13,24H,1,4,6-7,9H2,(H,21,26)(H,22,25,27)/t11-,12+,13+/m0/s1. The Morgan fingerprint density at radius 1 is 1.48 bits per heavy atom. The van der Waals surface area contributed by atoms with Gasteiger partial charge in [-0.1, -0.05) is 12.2 Å². The van der Waals surface area contributed by atoms with E-state index in [0.29, 0.717) is 0 Å². The molecule has 0 unspecified atom stereocenters. The molecule has 0 bridgehead atoms. The molecule has 1 aromatic rings. The summed E-state index contributed by atoms with van der Waals surface area (Å²) in [5, 5.41) is 10.9. The van der Waals surface area contributed by atoms with E-state index >= 15 is 0 Å². The molecule has 0 aliphatic carbocycles. The van der Waals surface area contributed by atoms with Crippen LogP contribution in [-0.2, 0) is 20.7 Å². The minimum Gasteiger partial charge on any atom is -0.394 e. The molecule has 3 N–H and O–H groups in total. The molecule has 3 atom stereocenters. The van der Waals surface area contributed by atoms with Crippen LogP contribution in [0.25, 0.3) is 0 Å². The van der Waals surface area contributed by atoms with Gasteiger partial charge >= 0.3 is 17.8 Å². The second kappa shape index (κ2) is 9.67. The minimum atomic E-state index is -5.03. The minimum absolute atomic E-state index is 0.0571. The van der Waals surface area contributed by atoms with Crippen LogP contribution < -0.4 is 16.6 Å². The number of halogens is 3. The summed E-state index contributed by atoms with van der Waals surface area (Å²) >= 11 is 0. The molecule has 0 radical (unpaired) electrons. The van der Waals surface area contributed by atoms with E-state index in [1.54, 1.807) is 0 Å². The predicted molar refractivity (Wildman–Crippen MR) is 93.9 cm³/mol. The summed E-state index contributed by atoms with van der Waals surface area (Å²) in [6.07, 6.45) is -2.32. The number of rotatable bonds is 8. The van der Waals surface area contributed by atoms with Gasteiger partial charge in [0.1, 0.15) is 12.3 Å². The zero-order valence-electron chi connectivity index (χ0n) is 15.1. The lowest BCUT2D eigenvalue weighted by Crippen LogP contribution is -2.34. The Morgan fingerprint density at radius 2 is 2.21 bits per heavy atom. The summed E-state index contributed by atoms with van der Waals surface area (Å²) in [6, 6.07) is 0. The van der Waals surface area contributed by atoms with Gasteiger partial charge in [-0.05, 0) is 6.42 Å². The van der Waals surface area contributed by atoms with Crippen molar-refractivity contribution < 1.29 is 32.5 Å². The summed E-state index contributed by atoms with van der Waals surface area (Å²) in [5.41, 5.74) is -1.42. The van der Waals surface area contributed by atoms with Crippen LogP contribution >= 0.6 is 0 Å². The number of hydrogen-bond donors (Lipinski definition) is 3. The summed E-state index contributed by atoms with van der Waals surface area (Å²) in [7, 11) is 0. The molecule has 1 aliphatic rings. The molecule has 0 aromatic carbocycles. The molecule has 1 fully saturated rings. The number of nitrogens with zero attached hydrogens (tertiary/aromatic N) is 1. The first kappa shape index (κ1) is 22.6. The zero-order valence-corrected chi connectivity index (χ0v) is 15.1. The highest BCUT2D eigenvalue weighted by Crippen LogP contribution is 2.29.